The van der Waals surface area contributed by atoms with Crippen molar-refractivity contribution in [3.8, 4) is 0 Å². The standard InChI is InChI=1S/C11H11NS2/c1-2-10(13-6-1)11-8-4-7-14-9(8)3-5-12-11/h1-2,4,6-7,11-12H,3,5H2/t11-/m0/s1. The van der Waals surface area contributed by atoms with Gasteiger partial charge < -0.3 is 5.32 Å². The third-order valence-electron chi connectivity index (χ3n) is 2.62. The minimum atomic E-state index is 0.449. The van der Waals surface area contributed by atoms with Gasteiger partial charge in [-0.2, -0.15) is 0 Å². The van der Waals surface area contributed by atoms with Gasteiger partial charge in [-0.3, -0.25) is 0 Å². The van der Waals surface area contributed by atoms with Crippen LogP contribution in [0.1, 0.15) is 21.4 Å². The molecule has 3 heterocycles. The molecule has 0 radical (unpaired) electrons. The summed E-state index contributed by atoms with van der Waals surface area (Å²) in [6, 6.07) is 7.05. The highest BCUT2D eigenvalue weighted by atomic mass is 32.1. The fourth-order valence-electron chi connectivity index (χ4n) is 1.96. The van der Waals surface area contributed by atoms with Crippen LogP contribution in [0.15, 0.2) is 29.0 Å². The summed E-state index contributed by atoms with van der Waals surface area (Å²) in [5, 5.41) is 7.94. The molecule has 1 aliphatic rings. The number of thiophene rings is 2. The molecule has 2 aromatic heterocycles. The molecule has 0 spiro atoms. The monoisotopic (exact) mass is 221 g/mol. The molecule has 0 aromatic carbocycles. The first-order chi connectivity index (χ1) is 6.95. The molecule has 0 aliphatic carbocycles. The maximum absolute atomic E-state index is 3.58. The molecule has 1 aliphatic heterocycles. The summed E-state index contributed by atoms with van der Waals surface area (Å²) in [6.45, 7) is 1.11. The van der Waals surface area contributed by atoms with Gasteiger partial charge in [0, 0.05) is 16.3 Å². The van der Waals surface area contributed by atoms with Crippen molar-refractivity contribution in [3.63, 3.8) is 0 Å². The first-order valence-corrected chi connectivity index (χ1v) is 6.54. The van der Waals surface area contributed by atoms with Gasteiger partial charge in [0.1, 0.15) is 0 Å². The molecule has 2 aromatic rings. The smallest absolute Gasteiger partial charge is 0.0682 e. The number of fused-ring (bicyclic) bond motifs is 1. The second-order valence-corrected chi connectivity index (χ2v) is 5.43. The average Bonchev–Trinajstić information content (AvgIpc) is 2.88. The van der Waals surface area contributed by atoms with E-state index in [9.17, 15) is 0 Å². The van der Waals surface area contributed by atoms with Gasteiger partial charge in [-0.1, -0.05) is 6.07 Å². The normalized spacial score (nSPS) is 20.7. The Labute approximate surface area is 91.4 Å². The van der Waals surface area contributed by atoms with Gasteiger partial charge in [0.2, 0.25) is 0 Å². The van der Waals surface area contributed by atoms with Crippen LogP contribution >= 0.6 is 22.7 Å². The lowest BCUT2D eigenvalue weighted by Gasteiger charge is -2.23. The summed E-state index contributed by atoms with van der Waals surface area (Å²) in [4.78, 5) is 2.99. The first kappa shape index (κ1) is 8.65. The minimum Gasteiger partial charge on any atom is -0.305 e. The van der Waals surface area contributed by atoms with Gasteiger partial charge in [0.05, 0.1) is 6.04 Å². The van der Waals surface area contributed by atoms with Crippen molar-refractivity contribution in [1.29, 1.82) is 0 Å². The molecule has 72 valence electrons. The van der Waals surface area contributed by atoms with Gasteiger partial charge in [0.25, 0.3) is 0 Å². The predicted molar refractivity (Wildman–Crippen MR) is 62.2 cm³/mol. The fraction of sp³-hybridized carbons (Fsp3) is 0.273. The van der Waals surface area contributed by atoms with Gasteiger partial charge in [-0.05, 0) is 34.9 Å². The van der Waals surface area contributed by atoms with Crippen molar-refractivity contribution in [3.05, 3.63) is 44.3 Å². The Morgan fingerprint density at radius 1 is 1.21 bits per heavy atom. The molecule has 0 bridgehead atoms. The zero-order valence-corrected chi connectivity index (χ0v) is 9.33. The summed E-state index contributed by atoms with van der Waals surface area (Å²) in [5.41, 5.74) is 1.49. The van der Waals surface area contributed by atoms with E-state index in [1.165, 1.54) is 16.9 Å². The summed E-state index contributed by atoms with van der Waals surface area (Å²) in [6.07, 6.45) is 1.19. The lowest BCUT2D eigenvalue weighted by Crippen LogP contribution is -2.28. The maximum atomic E-state index is 3.58. The van der Waals surface area contributed by atoms with E-state index in [4.69, 9.17) is 0 Å². The summed E-state index contributed by atoms with van der Waals surface area (Å²) < 4.78 is 0. The topological polar surface area (TPSA) is 12.0 Å². The number of rotatable bonds is 1. The fourth-order valence-corrected chi connectivity index (χ4v) is 3.70. The molecule has 0 unspecified atom stereocenters. The highest BCUT2D eigenvalue weighted by Crippen LogP contribution is 2.33. The van der Waals surface area contributed by atoms with Gasteiger partial charge >= 0.3 is 0 Å². The van der Waals surface area contributed by atoms with Gasteiger partial charge in [-0.25, -0.2) is 0 Å². The summed E-state index contributed by atoms with van der Waals surface area (Å²) >= 11 is 3.73. The Morgan fingerprint density at radius 3 is 3.07 bits per heavy atom. The quantitative estimate of drug-likeness (QED) is 0.780. The van der Waals surface area contributed by atoms with E-state index < -0.39 is 0 Å². The van der Waals surface area contributed by atoms with E-state index in [-0.39, 0.29) is 0 Å². The van der Waals surface area contributed by atoms with Gasteiger partial charge in [0.15, 0.2) is 0 Å². The molecule has 1 nitrogen and oxygen atoms in total. The average molecular weight is 221 g/mol. The zero-order valence-electron chi connectivity index (χ0n) is 7.69. The van der Waals surface area contributed by atoms with Crippen LogP contribution in [0.4, 0.5) is 0 Å². The lowest BCUT2D eigenvalue weighted by atomic mass is 10.0. The van der Waals surface area contributed by atoms with Crippen LogP contribution in [-0.2, 0) is 6.42 Å². The van der Waals surface area contributed by atoms with Crippen LogP contribution in [-0.4, -0.2) is 6.54 Å². The Kier molecular flexibility index (Phi) is 2.16. The van der Waals surface area contributed by atoms with Crippen LogP contribution in [0.2, 0.25) is 0 Å². The summed E-state index contributed by atoms with van der Waals surface area (Å²) in [5.74, 6) is 0. The van der Waals surface area contributed by atoms with E-state index in [0.29, 0.717) is 6.04 Å². The van der Waals surface area contributed by atoms with Crippen molar-refractivity contribution in [2.75, 3.05) is 6.54 Å². The molecule has 0 fully saturated rings. The highest BCUT2D eigenvalue weighted by Gasteiger charge is 2.22. The molecule has 0 amide bonds. The number of hydrogen-bond donors (Lipinski definition) is 1. The second-order valence-electron chi connectivity index (χ2n) is 3.45. The Hall–Kier alpha value is -0.640. The number of nitrogens with one attached hydrogen (secondary N) is 1. The predicted octanol–water partition coefficient (Wildman–Crippen LogP) is 3.04. The molecule has 1 atom stereocenters. The minimum absolute atomic E-state index is 0.449. The van der Waals surface area contributed by atoms with E-state index in [1.807, 2.05) is 22.7 Å². The zero-order chi connectivity index (χ0) is 9.38. The molecule has 0 saturated carbocycles. The van der Waals surface area contributed by atoms with Crippen LogP contribution in [0.25, 0.3) is 0 Å². The molecular formula is C11H11NS2. The lowest BCUT2D eigenvalue weighted by molar-refractivity contribution is 0.582. The number of hydrogen-bond acceptors (Lipinski definition) is 3. The van der Waals surface area contributed by atoms with Crippen molar-refractivity contribution in [2.24, 2.45) is 0 Å². The largest absolute Gasteiger partial charge is 0.305 e. The maximum Gasteiger partial charge on any atom is 0.0682 e. The molecule has 0 saturated heterocycles. The Morgan fingerprint density at radius 2 is 2.21 bits per heavy atom. The Balaban J connectivity index is 2.04. The van der Waals surface area contributed by atoms with Crippen LogP contribution in [0.5, 0.6) is 0 Å². The van der Waals surface area contributed by atoms with Crippen LogP contribution in [0.3, 0.4) is 0 Å². The van der Waals surface area contributed by atoms with Gasteiger partial charge in [-0.15, -0.1) is 22.7 Å². The van der Waals surface area contributed by atoms with Crippen molar-refractivity contribution < 1.29 is 0 Å². The van der Waals surface area contributed by atoms with Crippen molar-refractivity contribution in [2.45, 2.75) is 12.5 Å². The third-order valence-corrected chi connectivity index (χ3v) is 4.55. The molecule has 3 heteroatoms. The molecule has 3 rings (SSSR count). The first-order valence-electron chi connectivity index (χ1n) is 4.78. The molecular weight excluding hydrogens is 210 g/mol. The third kappa shape index (κ3) is 1.32. The molecule has 14 heavy (non-hydrogen) atoms. The van der Waals surface area contributed by atoms with E-state index in [2.05, 4.69) is 34.3 Å². The summed E-state index contributed by atoms with van der Waals surface area (Å²) in [7, 11) is 0. The highest BCUT2D eigenvalue weighted by molar-refractivity contribution is 7.10. The van der Waals surface area contributed by atoms with Crippen molar-refractivity contribution in [1.82, 2.24) is 5.32 Å². The van der Waals surface area contributed by atoms with Crippen LogP contribution < -0.4 is 5.32 Å². The molecule has 1 N–H and O–H groups in total. The van der Waals surface area contributed by atoms with E-state index >= 15 is 0 Å². The van der Waals surface area contributed by atoms with E-state index in [0.717, 1.165) is 6.54 Å². The van der Waals surface area contributed by atoms with Crippen LogP contribution in [0, 0.1) is 0 Å². The Bertz CT molecular complexity index is 416. The SMILES string of the molecule is c1csc([C@H]2NCCc3sccc32)c1. The van der Waals surface area contributed by atoms with Crippen molar-refractivity contribution >= 4 is 22.7 Å². The van der Waals surface area contributed by atoms with E-state index in [1.54, 1.807) is 4.88 Å². The second kappa shape index (κ2) is 3.50.